The number of aliphatic hydroxyl groups is 1. The fourth-order valence-electron chi connectivity index (χ4n) is 1.42. The molecule has 0 aliphatic carbocycles. The Morgan fingerprint density at radius 2 is 2.44 bits per heavy atom. The van der Waals surface area contributed by atoms with Crippen LogP contribution >= 0.6 is 0 Å². The van der Waals surface area contributed by atoms with Crippen molar-refractivity contribution < 1.29 is 9.84 Å². The van der Waals surface area contributed by atoms with Crippen LogP contribution in [0.1, 0.15) is 25.5 Å². The minimum absolute atomic E-state index is 0.322. The van der Waals surface area contributed by atoms with Gasteiger partial charge in [-0.1, -0.05) is 13.3 Å². The summed E-state index contributed by atoms with van der Waals surface area (Å²) in [5.74, 6) is 0. The van der Waals surface area contributed by atoms with E-state index in [2.05, 4.69) is 13.0 Å². The Bertz CT molecular complexity index is 341. The number of hydrogen-bond acceptors (Lipinski definition) is 3. The molecule has 0 aromatic carbocycles. The van der Waals surface area contributed by atoms with Crippen LogP contribution in [0.15, 0.2) is 18.3 Å². The van der Waals surface area contributed by atoms with Crippen molar-refractivity contribution >= 4 is 0 Å². The molecule has 0 fully saturated rings. The Balaban J connectivity index is 2.29. The van der Waals surface area contributed by atoms with Gasteiger partial charge in [0, 0.05) is 12.8 Å². The third kappa shape index (κ3) is 4.05. The monoisotopic (exact) mass is 222 g/mol. The zero-order valence-electron chi connectivity index (χ0n) is 9.59. The fraction of sp³-hybridized carbons (Fsp3) is 0.583. The van der Waals surface area contributed by atoms with Crippen LogP contribution in [0.5, 0.6) is 0 Å². The zero-order valence-corrected chi connectivity index (χ0v) is 9.59. The molecule has 0 saturated heterocycles. The average Bonchev–Trinajstić information content (AvgIpc) is 2.71. The molecular weight excluding hydrogens is 204 g/mol. The summed E-state index contributed by atoms with van der Waals surface area (Å²) in [6.07, 6.45) is 3.33. The normalized spacial score (nSPS) is 12.3. The molecule has 1 aromatic heterocycles. The summed E-state index contributed by atoms with van der Waals surface area (Å²) in [5.41, 5.74) is 0.563. The molecule has 4 heteroatoms. The smallest absolute Gasteiger partial charge is 0.120 e. The van der Waals surface area contributed by atoms with Crippen molar-refractivity contribution in [1.29, 1.82) is 5.26 Å². The summed E-state index contributed by atoms with van der Waals surface area (Å²) in [4.78, 5) is 0. The minimum atomic E-state index is -0.559. The maximum absolute atomic E-state index is 9.69. The highest BCUT2D eigenvalue weighted by molar-refractivity contribution is 5.21. The molecular formula is C12H18N2O2. The van der Waals surface area contributed by atoms with Crippen molar-refractivity contribution in [2.24, 2.45) is 0 Å². The molecule has 1 aromatic rings. The molecule has 1 heterocycles. The highest BCUT2D eigenvalue weighted by Gasteiger charge is 2.07. The molecule has 0 radical (unpaired) electrons. The Morgan fingerprint density at radius 3 is 3.12 bits per heavy atom. The van der Waals surface area contributed by atoms with Crippen molar-refractivity contribution in [3.63, 3.8) is 0 Å². The van der Waals surface area contributed by atoms with Crippen molar-refractivity contribution in [1.82, 2.24) is 4.57 Å². The minimum Gasteiger partial charge on any atom is -0.389 e. The molecule has 1 N–H and O–H groups in total. The second-order valence-electron chi connectivity index (χ2n) is 3.74. The van der Waals surface area contributed by atoms with Crippen LogP contribution in [0, 0.1) is 11.3 Å². The first kappa shape index (κ1) is 12.8. The van der Waals surface area contributed by atoms with Crippen LogP contribution in [0.2, 0.25) is 0 Å². The molecule has 1 unspecified atom stereocenters. The standard InChI is InChI=1S/C12H18N2O2/c1-2-3-7-16-10-12(15)9-14-6-4-5-11(14)8-13/h4-6,12,15H,2-3,7,9-10H2,1H3. The molecule has 16 heavy (non-hydrogen) atoms. The van der Waals surface area contributed by atoms with E-state index in [1.165, 1.54) is 0 Å². The Hall–Kier alpha value is -1.31. The van der Waals surface area contributed by atoms with Crippen LogP contribution in [-0.2, 0) is 11.3 Å². The van der Waals surface area contributed by atoms with E-state index in [1.807, 2.05) is 0 Å². The Labute approximate surface area is 96.1 Å². The van der Waals surface area contributed by atoms with Crippen molar-refractivity contribution in [2.45, 2.75) is 32.4 Å². The quantitative estimate of drug-likeness (QED) is 0.712. The van der Waals surface area contributed by atoms with Gasteiger partial charge in [-0.25, -0.2) is 0 Å². The van der Waals surface area contributed by atoms with Gasteiger partial charge < -0.3 is 14.4 Å². The van der Waals surface area contributed by atoms with Crippen LogP contribution in [0.3, 0.4) is 0 Å². The molecule has 0 spiro atoms. The summed E-state index contributed by atoms with van der Waals surface area (Å²) in [6.45, 7) is 3.51. The third-order valence-electron chi connectivity index (χ3n) is 2.30. The molecule has 0 saturated carbocycles. The maximum Gasteiger partial charge on any atom is 0.120 e. The summed E-state index contributed by atoms with van der Waals surface area (Å²) in [7, 11) is 0. The maximum atomic E-state index is 9.69. The molecule has 1 rings (SSSR count). The number of nitriles is 1. The highest BCUT2D eigenvalue weighted by atomic mass is 16.5. The highest BCUT2D eigenvalue weighted by Crippen LogP contribution is 2.02. The molecule has 88 valence electrons. The number of rotatable bonds is 7. The van der Waals surface area contributed by atoms with Gasteiger partial charge >= 0.3 is 0 Å². The van der Waals surface area contributed by atoms with E-state index in [-0.39, 0.29) is 0 Å². The second-order valence-corrected chi connectivity index (χ2v) is 3.74. The molecule has 0 bridgehead atoms. The summed E-state index contributed by atoms with van der Waals surface area (Å²) < 4.78 is 7.04. The lowest BCUT2D eigenvalue weighted by atomic mass is 10.3. The van der Waals surface area contributed by atoms with E-state index in [4.69, 9.17) is 10.00 Å². The molecule has 1 atom stereocenters. The molecule has 4 nitrogen and oxygen atoms in total. The Kier molecular flexibility index (Phi) is 5.62. The first-order valence-electron chi connectivity index (χ1n) is 5.59. The van der Waals surface area contributed by atoms with Gasteiger partial charge in [0.05, 0.1) is 19.3 Å². The van der Waals surface area contributed by atoms with E-state index in [9.17, 15) is 5.11 Å². The van der Waals surface area contributed by atoms with Gasteiger partial charge in [0.2, 0.25) is 0 Å². The van der Waals surface area contributed by atoms with Crippen molar-refractivity contribution in [3.05, 3.63) is 24.0 Å². The van der Waals surface area contributed by atoms with Gasteiger partial charge in [-0.2, -0.15) is 5.26 Å². The number of nitrogens with zero attached hydrogens (tertiary/aromatic N) is 2. The number of aromatic nitrogens is 1. The summed E-state index contributed by atoms with van der Waals surface area (Å²) >= 11 is 0. The van der Waals surface area contributed by atoms with Crippen molar-refractivity contribution in [3.8, 4) is 6.07 Å². The van der Waals surface area contributed by atoms with Crippen LogP contribution in [0.25, 0.3) is 0 Å². The topological polar surface area (TPSA) is 58.2 Å². The SMILES string of the molecule is CCCCOCC(O)Cn1cccc1C#N. The lowest BCUT2D eigenvalue weighted by Crippen LogP contribution is -2.22. The van der Waals surface area contributed by atoms with E-state index in [0.29, 0.717) is 25.5 Å². The van der Waals surface area contributed by atoms with Gasteiger partial charge in [0.15, 0.2) is 0 Å². The van der Waals surface area contributed by atoms with Crippen molar-refractivity contribution in [2.75, 3.05) is 13.2 Å². The van der Waals surface area contributed by atoms with Gasteiger partial charge in [0.1, 0.15) is 11.8 Å². The molecule has 0 amide bonds. The van der Waals surface area contributed by atoms with Gasteiger partial charge in [-0.3, -0.25) is 0 Å². The van der Waals surface area contributed by atoms with E-state index < -0.39 is 6.10 Å². The number of aliphatic hydroxyl groups excluding tert-OH is 1. The summed E-state index contributed by atoms with van der Waals surface area (Å²) in [6, 6.07) is 5.59. The van der Waals surface area contributed by atoms with Gasteiger partial charge in [-0.15, -0.1) is 0 Å². The second kappa shape index (κ2) is 7.04. The first-order valence-corrected chi connectivity index (χ1v) is 5.59. The lowest BCUT2D eigenvalue weighted by Gasteiger charge is -2.12. The predicted octanol–water partition coefficient (Wildman–Crippen LogP) is 1.54. The Morgan fingerprint density at radius 1 is 1.62 bits per heavy atom. The fourth-order valence-corrected chi connectivity index (χ4v) is 1.42. The van der Waals surface area contributed by atoms with E-state index in [0.717, 1.165) is 12.8 Å². The average molecular weight is 222 g/mol. The van der Waals surface area contributed by atoms with Gasteiger partial charge in [-0.05, 0) is 18.6 Å². The predicted molar refractivity (Wildman–Crippen MR) is 60.9 cm³/mol. The van der Waals surface area contributed by atoms with Crippen LogP contribution in [0.4, 0.5) is 0 Å². The lowest BCUT2D eigenvalue weighted by molar-refractivity contribution is 0.0270. The van der Waals surface area contributed by atoms with Crippen LogP contribution in [-0.4, -0.2) is 29.0 Å². The number of ether oxygens (including phenoxy) is 1. The van der Waals surface area contributed by atoms with E-state index in [1.54, 1.807) is 22.9 Å². The summed E-state index contributed by atoms with van der Waals surface area (Å²) in [5, 5.41) is 18.5. The van der Waals surface area contributed by atoms with Crippen LogP contribution < -0.4 is 0 Å². The first-order chi connectivity index (χ1) is 7.77. The number of hydrogen-bond donors (Lipinski definition) is 1. The largest absolute Gasteiger partial charge is 0.389 e. The zero-order chi connectivity index (χ0) is 11.8. The molecule has 0 aliphatic rings. The molecule has 0 aliphatic heterocycles. The van der Waals surface area contributed by atoms with Gasteiger partial charge in [0.25, 0.3) is 0 Å². The van der Waals surface area contributed by atoms with E-state index >= 15 is 0 Å². The third-order valence-corrected chi connectivity index (χ3v) is 2.30. The number of unbranched alkanes of at least 4 members (excludes halogenated alkanes) is 1.